The molecule has 0 radical (unpaired) electrons. The van der Waals surface area contributed by atoms with Crippen LogP contribution in [0.15, 0.2) is 60.4 Å². The molecule has 0 saturated heterocycles. The molecule has 2 aromatic rings. The molecule has 7 heteroatoms. The Hall–Kier alpha value is -3.61. The van der Waals surface area contributed by atoms with Crippen molar-refractivity contribution < 1.29 is 28.6 Å². The lowest BCUT2D eigenvalue weighted by Gasteiger charge is -2.13. The number of carbonyl (C=O) groups excluding carboxylic acids is 3. The van der Waals surface area contributed by atoms with E-state index < -0.39 is 11.9 Å². The monoisotopic (exact) mass is 453 g/mol. The van der Waals surface area contributed by atoms with Crippen molar-refractivity contribution in [1.82, 2.24) is 0 Å². The van der Waals surface area contributed by atoms with Gasteiger partial charge in [-0.3, -0.25) is 4.79 Å². The number of amides is 1. The van der Waals surface area contributed by atoms with E-state index in [1.165, 1.54) is 45.5 Å². The van der Waals surface area contributed by atoms with Gasteiger partial charge in [0.05, 0.1) is 26.0 Å². The van der Waals surface area contributed by atoms with E-state index >= 15 is 0 Å². The maximum atomic E-state index is 12.8. The fourth-order valence-electron chi connectivity index (χ4n) is 3.12. The number of benzene rings is 2. The Labute approximate surface area is 194 Å². The normalized spacial score (nSPS) is 10.9. The lowest BCUT2D eigenvalue weighted by atomic mass is 10.0. The average molecular weight is 454 g/mol. The van der Waals surface area contributed by atoms with E-state index in [9.17, 15) is 14.4 Å². The van der Waals surface area contributed by atoms with Crippen LogP contribution in [0.2, 0.25) is 0 Å². The fraction of sp³-hybridized carbons (Fsp3) is 0.346. The average Bonchev–Trinajstić information content (AvgIpc) is 2.84. The minimum Gasteiger partial charge on any atom is -0.466 e. The fourth-order valence-corrected chi connectivity index (χ4v) is 3.12. The van der Waals surface area contributed by atoms with Gasteiger partial charge >= 0.3 is 11.9 Å². The van der Waals surface area contributed by atoms with Crippen molar-refractivity contribution in [2.75, 3.05) is 19.5 Å². The molecule has 0 aliphatic heterocycles. The van der Waals surface area contributed by atoms with Crippen LogP contribution in [0.25, 0.3) is 0 Å². The number of esters is 2. The molecular formula is C26H31NO6. The van der Waals surface area contributed by atoms with Crippen LogP contribution in [0.5, 0.6) is 5.75 Å². The largest absolute Gasteiger partial charge is 0.466 e. The van der Waals surface area contributed by atoms with Crippen LogP contribution in [-0.2, 0) is 25.5 Å². The van der Waals surface area contributed by atoms with Gasteiger partial charge in [0, 0.05) is 5.56 Å². The Morgan fingerprint density at radius 1 is 0.879 bits per heavy atom. The third kappa shape index (κ3) is 8.44. The van der Waals surface area contributed by atoms with Crippen LogP contribution < -0.4 is 10.1 Å². The number of unbranched alkanes of at least 4 members (excludes halogenated alkanes) is 4. The highest BCUT2D eigenvalue weighted by Crippen LogP contribution is 2.27. The Morgan fingerprint density at radius 2 is 1.58 bits per heavy atom. The summed E-state index contributed by atoms with van der Waals surface area (Å²) in [5, 5.41) is 2.78. The van der Waals surface area contributed by atoms with Gasteiger partial charge in [0.25, 0.3) is 5.91 Å². The third-order valence-electron chi connectivity index (χ3n) is 4.98. The Kier molecular flexibility index (Phi) is 10.7. The highest BCUT2D eigenvalue weighted by Gasteiger charge is 2.18. The summed E-state index contributed by atoms with van der Waals surface area (Å²) < 4.78 is 14.8. The molecule has 0 atom stereocenters. The van der Waals surface area contributed by atoms with Gasteiger partial charge in [-0.1, -0.05) is 56.9 Å². The number of hydrogen-bond donors (Lipinski definition) is 1. The molecule has 1 amide bonds. The predicted molar refractivity (Wildman–Crippen MR) is 126 cm³/mol. The summed E-state index contributed by atoms with van der Waals surface area (Å²) in [5.41, 5.74) is 2.03. The van der Waals surface area contributed by atoms with E-state index in [0.29, 0.717) is 11.3 Å². The van der Waals surface area contributed by atoms with Crippen LogP contribution in [-0.4, -0.2) is 32.1 Å². The second kappa shape index (κ2) is 13.7. The van der Waals surface area contributed by atoms with Crippen molar-refractivity contribution in [2.24, 2.45) is 0 Å². The number of anilines is 1. The zero-order valence-corrected chi connectivity index (χ0v) is 19.4. The van der Waals surface area contributed by atoms with E-state index in [1.54, 1.807) is 36.4 Å². The number of ether oxygens (including phenoxy) is 3. The van der Waals surface area contributed by atoms with E-state index in [-0.39, 0.29) is 17.4 Å². The van der Waals surface area contributed by atoms with Crippen LogP contribution in [0.4, 0.5) is 5.69 Å². The quantitative estimate of drug-likeness (QED) is 0.209. The van der Waals surface area contributed by atoms with E-state index in [4.69, 9.17) is 4.74 Å². The van der Waals surface area contributed by atoms with Crippen LogP contribution >= 0.6 is 0 Å². The number of carbonyl (C=O) groups is 3. The SMILES string of the molecule is CCCCCCCc1ccc(C(=O)Nc2ccccc2O/C(=C\C(=O)OC)C(=O)OC)cc1. The van der Waals surface area contributed by atoms with E-state index in [2.05, 4.69) is 21.7 Å². The molecule has 0 aromatic heterocycles. The number of rotatable bonds is 12. The molecule has 33 heavy (non-hydrogen) atoms. The molecule has 7 nitrogen and oxygen atoms in total. The molecule has 2 rings (SSSR count). The number of hydrogen-bond acceptors (Lipinski definition) is 6. The van der Waals surface area contributed by atoms with Crippen LogP contribution in [0.1, 0.15) is 54.9 Å². The minimum absolute atomic E-state index is 0.176. The molecule has 0 fully saturated rings. The Morgan fingerprint density at radius 3 is 2.24 bits per heavy atom. The zero-order chi connectivity index (χ0) is 24.1. The molecule has 0 heterocycles. The minimum atomic E-state index is -0.855. The van der Waals surface area contributed by atoms with Gasteiger partial charge in [-0.05, 0) is 42.7 Å². The van der Waals surface area contributed by atoms with Gasteiger partial charge in [-0.15, -0.1) is 0 Å². The smallest absolute Gasteiger partial charge is 0.374 e. The van der Waals surface area contributed by atoms with Gasteiger partial charge in [-0.25, -0.2) is 9.59 Å². The number of para-hydroxylation sites is 2. The standard InChI is InChI=1S/C26H31NO6/c1-4-5-6-7-8-11-19-14-16-20(17-15-19)25(29)27-21-12-9-10-13-22(21)33-23(26(30)32-3)18-24(28)31-2/h9-10,12-18H,4-8,11H2,1-3H3,(H,27,29)/b23-18-. The first kappa shape index (κ1) is 25.6. The van der Waals surface area contributed by atoms with Gasteiger partial charge in [-0.2, -0.15) is 0 Å². The van der Waals surface area contributed by atoms with Crippen molar-refractivity contribution in [2.45, 2.75) is 45.4 Å². The molecule has 0 aliphatic rings. The summed E-state index contributed by atoms with van der Waals surface area (Å²) in [6.07, 6.45) is 7.97. The van der Waals surface area contributed by atoms with Crippen molar-refractivity contribution in [3.05, 3.63) is 71.5 Å². The zero-order valence-electron chi connectivity index (χ0n) is 19.4. The maximum Gasteiger partial charge on any atom is 0.374 e. The molecule has 0 spiro atoms. The van der Waals surface area contributed by atoms with Gasteiger partial charge < -0.3 is 19.5 Å². The first-order valence-corrected chi connectivity index (χ1v) is 11.0. The summed E-state index contributed by atoms with van der Waals surface area (Å²) in [6.45, 7) is 2.20. The molecule has 0 saturated carbocycles. The second-order valence-electron chi connectivity index (χ2n) is 7.44. The molecule has 0 bridgehead atoms. The van der Waals surface area contributed by atoms with Crippen molar-refractivity contribution in [3.63, 3.8) is 0 Å². The molecule has 2 aromatic carbocycles. The van der Waals surface area contributed by atoms with E-state index in [0.717, 1.165) is 18.9 Å². The topological polar surface area (TPSA) is 90.9 Å². The number of methoxy groups -OCH3 is 2. The van der Waals surface area contributed by atoms with Gasteiger partial charge in [0.15, 0.2) is 5.75 Å². The highest BCUT2D eigenvalue weighted by atomic mass is 16.6. The van der Waals surface area contributed by atoms with Gasteiger partial charge in [0.1, 0.15) is 0 Å². The van der Waals surface area contributed by atoms with Crippen LogP contribution in [0.3, 0.4) is 0 Å². The van der Waals surface area contributed by atoms with Crippen molar-refractivity contribution >= 4 is 23.5 Å². The number of nitrogens with one attached hydrogen (secondary N) is 1. The summed E-state index contributed by atoms with van der Waals surface area (Å²) in [4.78, 5) is 36.3. The lowest BCUT2D eigenvalue weighted by molar-refractivity contribution is -0.140. The van der Waals surface area contributed by atoms with Crippen LogP contribution in [0, 0.1) is 0 Å². The predicted octanol–water partition coefficient (Wildman–Crippen LogP) is 5.06. The second-order valence-corrected chi connectivity index (χ2v) is 7.44. The Bertz CT molecular complexity index is 965. The molecule has 1 N–H and O–H groups in total. The van der Waals surface area contributed by atoms with Gasteiger partial charge in [0.2, 0.25) is 5.76 Å². The first-order valence-electron chi connectivity index (χ1n) is 11.0. The molecular weight excluding hydrogens is 422 g/mol. The first-order chi connectivity index (χ1) is 16.0. The summed E-state index contributed by atoms with van der Waals surface area (Å²) in [7, 11) is 2.35. The maximum absolute atomic E-state index is 12.8. The lowest BCUT2D eigenvalue weighted by Crippen LogP contribution is -2.16. The molecule has 0 unspecified atom stereocenters. The van der Waals surface area contributed by atoms with E-state index in [1.807, 2.05) is 12.1 Å². The third-order valence-corrected chi connectivity index (χ3v) is 4.98. The summed E-state index contributed by atoms with van der Waals surface area (Å²) >= 11 is 0. The summed E-state index contributed by atoms with van der Waals surface area (Å²) in [6, 6.07) is 14.1. The number of aryl methyl sites for hydroxylation is 1. The molecule has 176 valence electrons. The van der Waals surface area contributed by atoms with Crippen molar-refractivity contribution in [1.29, 1.82) is 0 Å². The Balaban J connectivity index is 2.07. The summed E-state index contributed by atoms with van der Waals surface area (Å²) in [5.74, 6) is -2.14. The highest BCUT2D eigenvalue weighted by molar-refractivity contribution is 6.05. The van der Waals surface area contributed by atoms with Crippen molar-refractivity contribution in [3.8, 4) is 5.75 Å². The molecule has 0 aliphatic carbocycles.